The zero-order chi connectivity index (χ0) is 41.7. The number of nitrogens with one attached hydrogen (secondary N) is 2. The van der Waals surface area contributed by atoms with E-state index in [0.29, 0.717) is 6.17 Å². The molecule has 1 fully saturated rings. The third-order valence-electron chi connectivity index (χ3n) is 9.60. The Hall–Kier alpha value is -3.41. The van der Waals surface area contributed by atoms with Crippen molar-refractivity contribution in [3.8, 4) is 0 Å². The molecule has 0 bridgehead atoms. The van der Waals surface area contributed by atoms with Gasteiger partial charge < -0.3 is 10.6 Å². The topological polar surface area (TPSA) is 24.1 Å². The second-order valence-corrected chi connectivity index (χ2v) is 13.6. The van der Waals surface area contributed by atoms with Gasteiger partial charge in [0.15, 0.2) is 87.3 Å². The van der Waals surface area contributed by atoms with Gasteiger partial charge in [-0.2, -0.15) is 0 Å². The van der Waals surface area contributed by atoms with Crippen LogP contribution in [-0.4, -0.2) is 26.0 Å². The molecule has 3 aromatic carbocycles. The molecule has 0 saturated carbocycles. The van der Waals surface area contributed by atoms with E-state index in [9.17, 15) is 65.9 Å². The van der Waals surface area contributed by atoms with Crippen LogP contribution in [0.3, 0.4) is 0 Å². The van der Waals surface area contributed by atoms with Crippen molar-refractivity contribution in [1.29, 1.82) is 0 Å². The maximum atomic E-state index is 14.4. The summed E-state index contributed by atoms with van der Waals surface area (Å²) in [5.41, 5.74) is -8.03. The van der Waals surface area contributed by atoms with Crippen LogP contribution in [0.5, 0.6) is 0 Å². The van der Waals surface area contributed by atoms with Gasteiger partial charge in [0, 0.05) is 29.5 Å². The summed E-state index contributed by atoms with van der Waals surface area (Å²) >= 11 is 0. The summed E-state index contributed by atoms with van der Waals surface area (Å²) in [7, 11) is 0. The summed E-state index contributed by atoms with van der Waals surface area (Å²) in [6.07, 6.45) is 23.7. The fourth-order valence-corrected chi connectivity index (χ4v) is 6.55. The Balaban J connectivity index is 0.000000331. The smallest absolute Gasteiger partial charge is 0.265 e. The van der Waals surface area contributed by atoms with Crippen LogP contribution in [0.1, 0.15) is 110 Å². The van der Waals surface area contributed by atoms with E-state index < -0.39 is 110 Å². The van der Waals surface area contributed by atoms with Gasteiger partial charge in [0.05, 0.1) is 6.17 Å². The van der Waals surface area contributed by atoms with Crippen LogP contribution in [-0.2, 0) is 0 Å². The highest BCUT2D eigenvalue weighted by Gasteiger charge is 2.45. The third kappa shape index (κ3) is 11.4. The van der Waals surface area contributed by atoms with Gasteiger partial charge in [0.1, 0.15) is 0 Å². The van der Waals surface area contributed by atoms with Gasteiger partial charge in [-0.3, -0.25) is 0 Å². The molecule has 0 amide bonds. The third-order valence-corrected chi connectivity index (χ3v) is 9.60. The molecule has 3 aromatic rings. The van der Waals surface area contributed by atoms with Crippen molar-refractivity contribution in [3.63, 3.8) is 0 Å². The van der Waals surface area contributed by atoms with Crippen LogP contribution in [0, 0.1) is 87.3 Å². The van der Waals surface area contributed by atoms with Crippen LogP contribution in [0.2, 0.25) is 0 Å². The van der Waals surface area contributed by atoms with Crippen LogP contribution in [0.25, 0.3) is 0 Å². The standard InChI is InChI=1S/C20H42N2.C18BF15/c1-2-3-4-5-6-7-8-9-10-11-12-13-14-15-16-17-20-21-18-19-22-20;20-4-1(5(21)11(27)16(32)10(4)26)19(2-6(22)12(28)17(33)13(29)7(2)23)3-8(24)14(30)18(34)15(31)9(3)25/h20-22H,2-19H2,1H3;. The molecule has 0 spiro atoms. The molecule has 2 N–H and O–H groups in total. The van der Waals surface area contributed by atoms with Crippen molar-refractivity contribution >= 4 is 23.1 Å². The van der Waals surface area contributed by atoms with Crippen LogP contribution < -0.4 is 27.0 Å². The van der Waals surface area contributed by atoms with Gasteiger partial charge in [-0.25, -0.2) is 65.9 Å². The Labute approximate surface area is 315 Å². The van der Waals surface area contributed by atoms with Crippen LogP contribution >= 0.6 is 0 Å². The highest BCUT2D eigenvalue weighted by atomic mass is 19.2. The zero-order valence-corrected chi connectivity index (χ0v) is 30.6. The van der Waals surface area contributed by atoms with E-state index in [2.05, 4.69) is 17.6 Å². The number of hydrogen-bond donors (Lipinski definition) is 2. The number of unbranched alkanes of at least 4 members (excludes halogenated alkanes) is 14. The summed E-state index contributed by atoms with van der Waals surface area (Å²) in [6.45, 7) is 0.649. The molecule has 0 aliphatic carbocycles. The van der Waals surface area contributed by atoms with Gasteiger partial charge in [-0.05, 0) is 6.42 Å². The molecule has 1 aliphatic heterocycles. The largest absolute Gasteiger partial charge is 0.301 e. The zero-order valence-electron chi connectivity index (χ0n) is 30.6. The molecule has 1 aliphatic rings. The first-order valence-electron chi connectivity index (χ1n) is 18.6. The Morgan fingerprint density at radius 1 is 0.339 bits per heavy atom. The van der Waals surface area contributed by atoms with Crippen molar-refractivity contribution in [2.75, 3.05) is 13.1 Å². The molecule has 312 valence electrons. The Morgan fingerprint density at radius 3 is 0.804 bits per heavy atom. The SMILES string of the molecule is CCCCCCCCCCCCCCCCCC1NCCN1.Fc1c(F)c(F)c(B(c2c(F)c(F)c(F)c(F)c2F)c2c(F)c(F)c(F)c(F)c2F)c(F)c1F. The van der Waals surface area contributed by atoms with Gasteiger partial charge in [-0.1, -0.05) is 103 Å². The molecular formula is C38H42BF15N2. The summed E-state index contributed by atoms with van der Waals surface area (Å²) in [6, 6.07) is 0. The minimum absolute atomic E-state index is 0.613. The van der Waals surface area contributed by atoms with E-state index in [1.807, 2.05) is 0 Å². The molecule has 1 heterocycles. The average Bonchev–Trinajstić information content (AvgIpc) is 3.71. The minimum Gasteiger partial charge on any atom is -0.301 e. The van der Waals surface area contributed by atoms with E-state index in [-0.39, 0.29) is 0 Å². The number of hydrogen-bond acceptors (Lipinski definition) is 2. The average molecular weight is 823 g/mol. The fraction of sp³-hybridized carbons (Fsp3) is 0.526. The number of halogens is 15. The molecule has 0 aromatic heterocycles. The molecule has 4 rings (SSSR count). The Kier molecular flexibility index (Phi) is 18.9. The minimum atomic E-state index is -3.96. The first kappa shape index (κ1) is 47.0. The first-order valence-corrected chi connectivity index (χ1v) is 18.6. The molecular weight excluding hydrogens is 780 g/mol. The molecule has 18 heteroatoms. The molecule has 56 heavy (non-hydrogen) atoms. The van der Waals surface area contributed by atoms with E-state index in [4.69, 9.17) is 0 Å². The Bertz CT molecular complexity index is 1520. The van der Waals surface area contributed by atoms with E-state index >= 15 is 0 Å². The van der Waals surface area contributed by atoms with E-state index in [1.165, 1.54) is 103 Å². The monoisotopic (exact) mass is 822 g/mol. The maximum absolute atomic E-state index is 14.4. The van der Waals surface area contributed by atoms with Crippen LogP contribution in [0.4, 0.5) is 65.9 Å². The van der Waals surface area contributed by atoms with Crippen molar-refractivity contribution in [2.45, 2.75) is 116 Å². The van der Waals surface area contributed by atoms with Crippen molar-refractivity contribution in [2.24, 2.45) is 0 Å². The lowest BCUT2D eigenvalue weighted by Gasteiger charge is -2.21. The lowest BCUT2D eigenvalue weighted by Crippen LogP contribution is -2.60. The first-order chi connectivity index (χ1) is 26.6. The predicted molar refractivity (Wildman–Crippen MR) is 183 cm³/mol. The molecule has 1 saturated heterocycles. The highest BCUT2D eigenvalue weighted by molar-refractivity contribution is 6.95. The van der Waals surface area contributed by atoms with Gasteiger partial charge in [0.25, 0.3) is 6.71 Å². The molecule has 0 unspecified atom stereocenters. The fourth-order valence-electron chi connectivity index (χ4n) is 6.55. The van der Waals surface area contributed by atoms with E-state index in [0.717, 1.165) is 13.1 Å². The summed E-state index contributed by atoms with van der Waals surface area (Å²) < 4.78 is 209. The van der Waals surface area contributed by atoms with Gasteiger partial charge in [-0.15, -0.1) is 0 Å². The summed E-state index contributed by atoms with van der Waals surface area (Å²) in [5, 5.41) is 6.99. The van der Waals surface area contributed by atoms with Crippen molar-refractivity contribution < 1.29 is 65.9 Å². The number of rotatable bonds is 19. The highest BCUT2D eigenvalue weighted by Crippen LogP contribution is 2.24. The molecule has 2 nitrogen and oxygen atoms in total. The van der Waals surface area contributed by atoms with Crippen molar-refractivity contribution in [1.82, 2.24) is 10.6 Å². The molecule has 0 atom stereocenters. The van der Waals surface area contributed by atoms with Gasteiger partial charge >= 0.3 is 0 Å². The van der Waals surface area contributed by atoms with Gasteiger partial charge in [0.2, 0.25) is 0 Å². The summed E-state index contributed by atoms with van der Waals surface area (Å²) in [4.78, 5) is 0. The maximum Gasteiger partial charge on any atom is 0.265 e. The lowest BCUT2D eigenvalue weighted by atomic mass is 9.36. The normalized spacial score (nSPS) is 13.1. The predicted octanol–water partition coefficient (Wildman–Crippen LogP) is 10.1. The van der Waals surface area contributed by atoms with Crippen molar-refractivity contribution in [3.05, 3.63) is 87.3 Å². The second-order valence-electron chi connectivity index (χ2n) is 13.6. The number of benzene rings is 3. The quantitative estimate of drug-likeness (QED) is 0.0414. The van der Waals surface area contributed by atoms with E-state index in [1.54, 1.807) is 0 Å². The lowest BCUT2D eigenvalue weighted by molar-refractivity contribution is 0.380. The Morgan fingerprint density at radius 2 is 0.554 bits per heavy atom. The molecule has 0 radical (unpaired) electrons. The second kappa shape index (κ2) is 22.5. The van der Waals surface area contributed by atoms with Crippen LogP contribution in [0.15, 0.2) is 0 Å². The summed E-state index contributed by atoms with van der Waals surface area (Å²) in [5.74, 6) is -45.2.